The van der Waals surface area contributed by atoms with E-state index in [-0.39, 0.29) is 18.2 Å². The quantitative estimate of drug-likeness (QED) is 0.722. The van der Waals surface area contributed by atoms with Crippen LogP contribution >= 0.6 is 0 Å². The van der Waals surface area contributed by atoms with Crippen molar-refractivity contribution in [2.24, 2.45) is 5.73 Å². The van der Waals surface area contributed by atoms with Gasteiger partial charge < -0.3 is 21.1 Å². The van der Waals surface area contributed by atoms with E-state index in [1.54, 1.807) is 37.4 Å². The molecule has 0 aliphatic rings. The Morgan fingerprint density at radius 3 is 2.60 bits per heavy atom. The first-order chi connectivity index (χ1) is 12.1. The molecule has 6 heteroatoms. The molecular weight excluding hydrogens is 318 g/mol. The topological polar surface area (TPSA) is 93.5 Å². The van der Waals surface area contributed by atoms with Crippen molar-refractivity contribution in [1.82, 2.24) is 0 Å². The lowest BCUT2D eigenvalue weighted by molar-refractivity contribution is -0.116. The van der Waals surface area contributed by atoms with E-state index in [2.05, 4.69) is 10.6 Å². The summed E-state index contributed by atoms with van der Waals surface area (Å²) in [4.78, 5) is 24.2. The highest BCUT2D eigenvalue weighted by Gasteiger charge is 2.10. The first-order valence-corrected chi connectivity index (χ1v) is 8.15. The summed E-state index contributed by atoms with van der Waals surface area (Å²) >= 11 is 0. The number of ether oxygens (including phenoxy) is 1. The van der Waals surface area contributed by atoms with Gasteiger partial charge in [-0.05, 0) is 42.3 Å². The fourth-order valence-electron chi connectivity index (χ4n) is 2.39. The van der Waals surface area contributed by atoms with E-state index in [0.717, 1.165) is 12.0 Å². The third-order valence-corrected chi connectivity index (χ3v) is 3.73. The predicted molar refractivity (Wildman–Crippen MR) is 99.1 cm³/mol. The Morgan fingerprint density at radius 1 is 1.12 bits per heavy atom. The molecule has 4 N–H and O–H groups in total. The number of carbonyl (C=O) groups is 2. The third kappa shape index (κ3) is 5.06. The molecule has 0 bridgehead atoms. The lowest BCUT2D eigenvalue weighted by atomic mass is 10.1. The van der Waals surface area contributed by atoms with Crippen LogP contribution in [0.5, 0.6) is 5.75 Å². The molecule has 0 saturated heterocycles. The minimum Gasteiger partial charge on any atom is -0.497 e. The van der Waals surface area contributed by atoms with Crippen LogP contribution in [-0.4, -0.2) is 25.5 Å². The molecule has 0 unspecified atom stereocenters. The van der Waals surface area contributed by atoms with E-state index in [9.17, 15) is 9.59 Å². The van der Waals surface area contributed by atoms with Gasteiger partial charge in [0.15, 0.2) is 0 Å². The van der Waals surface area contributed by atoms with Gasteiger partial charge in [-0.1, -0.05) is 19.1 Å². The molecule has 2 aromatic carbocycles. The summed E-state index contributed by atoms with van der Waals surface area (Å²) in [6.07, 6.45) is 1.02. The molecular formula is C19H23N3O3. The Labute approximate surface area is 147 Å². The normalized spacial score (nSPS) is 10.2. The van der Waals surface area contributed by atoms with Gasteiger partial charge in [-0.2, -0.15) is 0 Å². The summed E-state index contributed by atoms with van der Waals surface area (Å²) in [5.74, 6) is 0.222. The molecule has 0 aromatic heterocycles. The summed E-state index contributed by atoms with van der Waals surface area (Å²) < 4.78 is 5.13. The number of hydrogen-bond acceptors (Lipinski definition) is 4. The molecule has 2 rings (SSSR count). The van der Waals surface area contributed by atoms with Gasteiger partial charge in [-0.25, -0.2) is 0 Å². The Kier molecular flexibility index (Phi) is 6.54. The minimum absolute atomic E-state index is 0.145. The van der Waals surface area contributed by atoms with E-state index in [1.165, 1.54) is 0 Å². The number of nitrogens with two attached hydrogens (primary N) is 1. The maximum Gasteiger partial charge on any atom is 0.255 e. The molecule has 0 radical (unpaired) electrons. The maximum atomic E-state index is 12.4. The van der Waals surface area contributed by atoms with Crippen LogP contribution in [0.15, 0.2) is 42.5 Å². The second kappa shape index (κ2) is 8.84. The molecule has 0 heterocycles. The zero-order chi connectivity index (χ0) is 18.2. The largest absolute Gasteiger partial charge is 0.497 e. The number of benzene rings is 2. The van der Waals surface area contributed by atoms with Crippen molar-refractivity contribution in [2.75, 3.05) is 24.3 Å². The third-order valence-electron chi connectivity index (χ3n) is 3.73. The van der Waals surface area contributed by atoms with Gasteiger partial charge in [-0.3, -0.25) is 9.59 Å². The van der Waals surface area contributed by atoms with Crippen LogP contribution in [0.25, 0.3) is 0 Å². The number of nitrogens with one attached hydrogen (secondary N) is 2. The Hall–Kier alpha value is -2.86. The van der Waals surface area contributed by atoms with Crippen molar-refractivity contribution in [1.29, 1.82) is 0 Å². The fraction of sp³-hybridized carbons (Fsp3) is 0.263. The molecule has 0 atom stereocenters. The highest BCUT2D eigenvalue weighted by atomic mass is 16.5. The Bertz CT molecular complexity index is 759. The molecule has 0 aliphatic heterocycles. The summed E-state index contributed by atoms with van der Waals surface area (Å²) in [5.41, 5.74) is 8.18. The number of amides is 2. The van der Waals surface area contributed by atoms with Gasteiger partial charge >= 0.3 is 0 Å². The van der Waals surface area contributed by atoms with Crippen LogP contribution in [0.4, 0.5) is 11.4 Å². The van der Waals surface area contributed by atoms with Crippen LogP contribution in [0.2, 0.25) is 0 Å². The Balaban J connectivity index is 2.18. The lowest BCUT2D eigenvalue weighted by Crippen LogP contribution is -2.17. The lowest BCUT2D eigenvalue weighted by Gasteiger charge is -2.13. The zero-order valence-corrected chi connectivity index (χ0v) is 14.5. The first-order valence-electron chi connectivity index (χ1n) is 8.15. The van der Waals surface area contributed by atoms with Gasteiger partial charge in [0, 0.05) is 29.9 Å². The molecule has 0 aliphatic carbocycles. The average Bonchev–Trinajstić information content (AvgIpc) is 2.62. The molecule has 2 aromatic rings. The second-order valence-corrected chi connectivity index (χ2v) is 5.50. The monoisotopic (exact) mass is 341 g/mol. The van der Waals surface area contributed by atoms with Crippen molar-refractivity contribution in [2.45, 2.75) is 19.8 Å². The van der Waals surface area contributed by atoms with Crippen molar-refractivity contribution < 1.29 is 14.3 Å². The van der Waals surface area contributed by atoms with Gasteiger partial charge in [0.2, 0.25) is 5.91 Å². The molecule has 2 amide bonds. The number of rotatable bonds is 7. The highest BCUT2D eigenvalue weighted by molar-refractivity contribution is 6.05. The molecule has 132 valence electrons. The van der Waals surface area contributed by atoms with Gasteiger partial charge in [-0.15, -0.1) is 0 Å². The number of hydrogen-bond donors (Lipinski definition) is 3. The zero-order valence-electron chi connectivity index (χ0n) is 14.5. The second-order valence-electron chi connectivity index (χ2n) is 5.50. The molecule has 25 heavy (non-hydrogen) atoms. The number of aryl methyl sites for hydroxylation is 1. The standard InChI is InChI=1S/C19H23N3O3/c1-3-13-7-8-15(12-17(13)22-18(23)9-10-20)21-19(24)14-5-4-6-16(11-14)25-2/h4-8,11-12H,3,9-10,20H2,1-2H3,(H,21,24)(H,22,23). The van der Waals surface area contributed by atoms with Gasteiger partial charge in [0.05, 0.1) is 7.11 Å². The maximum absolute atomic E-state index is 12.4. The van der Waals surface area contributed by atoms with E-state index >= 15 is 0 Å². The first kappa shape index (κ1) is 18.5. The Morgan fingerprint density at radius 2 is 1.92 bits per heavy atom. The van der Waals surface area contributed by atoms with Crippen molar-refractivity contribution in [3.8, 4) is 5.75 Å². The molecule has 0 fully saturated rings. The van der Waals surface area contributed by atoms with Crippen molar-refractivity contribution in [3.63, 3.8) is 0 Å². The molecule has 0 saturated carbocycles. The van der Waals surface area contributed by atoms with Gasteiger partial charge in [0.25, 0.3) is 5.91 Å². The van der Waals surface area contributed by atoms with Crippen molar-refractivity contribution >= 4 is 23.2 Å². The smallest absolute Gasteiger partial charge is 0.255 e. The van der Waals surface area contributed by atoms with E-state index in [1.807, 2.05) is 19.1 Å². The van der Waals surface area contributed by atoms with Crippen LogP contribution in [-0.2, 0) is 11.2 Å². The summed E-state index contributed by atoms with van der Waals surface area (Å²) in [6, 6.07) is 12.4. The summed E-state index contributed by atoms with van der Waals surface area (Å²) in [7, 11) is 1.55. The SMILES string of the molecule is CCc1ccc(NC(=O)c2cccc(OC)c2)cc1NC(=O)CCN. The highest BCUT2D eigenvalue weighted by Crippen LogP contribution is 2.23. The molecule has 6 nitrogen and oxygen atoms in total. The summed E-state index contributed by atoms with van der Waals surface area (Å²) in [6.45, 7) is 2.29. The van der Waals surface area contributed by atoms with Crippen LogP contribution in [0.3, 0.4) is 0 Å². The van der Waals surface area contributed by atoms with E-state index < -0.39 is 0 Å². The van der Waals surface area contributed by atoms with E-state index in [4.69, 9.17) is 10.5 Å². The van der Waals surface area contributed by atoms with Crippen LogP contribution in [0, 0.1) is 0 Å². The minimum atomic E-state index is -0.248. The molecule has 0 spiro atoms. The van der Waals surface area contributed by atoms with Crippen LogP contribution < -0.4 is 21.1 Å². The van der Waals surface area contributed by atoms with Gasteiger partial charge in [0.1, 0.15) is 5.75 Å². The number of anilines is 2. The van der Waals surface area contributed by atoms with Crippen LogP contribution in [0.1, 0.15) is 29.3 Å². The van der Waals surface area contributed by atoms with Crippen molar-refractivity contribution in [3.05, 3.63) is 53.6 Å². The number of methoxy groups -OCH3 is 1. The fourth-order valence-corrected chi connectivity index (χ4v) is 2.39. The summed E-state index contributed by atoms with van der Waals surface area (Å²) in [5, 5.41) is 5.68. The number of carbonyl (C=O) groups excluding carboxylic acids is 2. The van der Waals surface area contributed by atoms with E-state index in [0.29, 0.717) is 29.2 Å². The average molecular weight is 341 g/mol. The predicted octanol–water partition coefficient (Wildman–Crippen LogP) is 2.80.